The Morgan fingerprint density at radius 1 is 1.55 bits per heavy atom. The van der Waals surface area contributed by atoms with Crippen LogP contribution >= 0.6 is 11.6 Å². The molecule has 0 spiro atoms. The number of alkyl halides is 1. The number of hydrogen-bond acceptors (Lipinski definition) is 1. The summed E-state index contributed by atoms with van der Waals surface area (Å²) in [6.45, 7) is 2.74. The van der Waals surface area contributed by atoms with Crippen molar-refractivity contribution in [3.05, 3.63) is 22.8 Å². The summed E-state index contributed by atoms with van der Waals surface area (Å²) in [5.74, 6) is -0.542. The van der Waals surface area contributed by atoms with Crippen molar-refractivity contribution in [2.24, 2.45) is 0 Å². The standard InChI is InChI=1S/C8H8ClFO/c1-5-6(9)3-4-7(11)8(5,2)10/h3-4H,1-2H3/t8-/m1/s1. The first-order chi connectivity index (χ1) is 4.96. The molecule has 60 valence electrons. The molecule has 0 saturated heterocycles. The zero-order chi connectivity index (χ0) is 8.65. The van der Waals surface area contributed by atoms with Crippen LogP contribution in [0.2, 0.25) is 0 Å². The molecule has 1 atom stereocenters. The Hall–Kier alpha value is -0.630. The van der Waals surface area contributed by atoms with Gasteiger partial charge in [0.15, 0.2) is 11.5 Å². The molecule has 0 N–H and O–H groups in total. The molecule has 0 bridgehead atoms. The third-order valence-electron chi connectivity index (χ3n) is 1.91. The largest absolute Gasteiger partial charge is 0.291 e. The van der Waals surface area contributed by atoms with Crippen LogP contribution in [0.15, 0.2) is 22.8 Å². The Morgan fingerprint density at radius 2 is 2.09 bits per heavy atom. The fraction of sp³-hybridized carbons (Fsp3) is 0.375. The SMILES string of the molecule is CC1=C(Cl)C=CC(=O)[C@]1(C)F. The van der Waals surface area contributed by atoms with Crippen LogP contribution in [-0.4, -0.2) is 11.5 Å². The van der Waals surface area contributed by atoms with Crippen molar-refractivity contribution in [1.29, 1.82) is 0 Å². The number of carbonyl (C=O) groups is 1. The van der Waals surface area contributed by atoms with Crippen LogP contribution < -0.4 is 0 Å². The summed E-state index contributed by atoms with van der Waals surface area (Å²) in [6.07, 6.45) is 2.58. The lowest BCUT2D eigenvalue weighted by molar-refractivity contribution is -0.122. The van der Waals surface area contributed by atoms with E-state index >= 15 is 0 Å². The molecule has 0 amide bonds. The van der Waals surface area contributed by atoms with Gasteiger partial charge in [0.05, 0.1) is 0 Å². The highest BCUT2D eigenvalue weighted by Gasteiger charge is 2.36. The van der Waals surface area contributed by atoms with Gasteiger partial charge in [-0.2, -0.15) is 0 Å². The fourth-order valence-corrected chi connectivity index (χ4v) is 1.08. The number of halogens is 2. The molecule has 0 saturated carbocycles. The molecular formula is C8H8ClFO. The van der Waals surface area contributed by atoms with Gasteiger partial charge >= 0.3 is 0 Å². The maximum absolute atomic E-state index is 13.4. The number of rotatable bonds is 0. The second-order valence-corrected chi connectivity index (χ2v) is 3.08. The van der Waals surface area contributed by atoms with E-state index in [1.54, 1.807) is 0 Å². The smallest absolute Gasteiger partial charge is 0.196 e. The monoisotopic (exact) mass is 174 g/mol. The van der Waals surface area contributed by atoms with E-state index in [2.05, 4.69) is 0 Å². The number of carbonyl (C=O) groups excluding carboxylic acids is 1. The molecule has 0 aromatic rings. The van der Waals surface area contributed by atoms with E-state index in [0.717, 1.165) is 6.08 Å². The minimum absolute atomic E-state index is 0.284. The van der Waals surface area contributed by atoms with Gasteiger partial charge < -0.3 is 0 Å². The molecule has 1 aliphatic rings. The zero-order valence-corrected chi connectivity index (χ0v) is 7.07. The van der Waals surface area contributed by atoms with Crippen LogP contribution in [0.4, 0.5) is 4.39 Å². The zero-order valence-electron chi connectivity index (χ0n) is 6.32. The number of ketones is 1. The van der Waals surface area contributed by atoms with Crippen LogP contribution in [0.1, 0.15) is 13.8 Å². The van der Waals surface area contributed by atoms with Gasteiger partial charge in [-0.1, -0.05) is 11.6 Å². The maximum Gasteiger partial charge on any atom is 0.196 e. The maximum atomic E-state index is 13.4. The van der Waals surface area contributed by atoms with Crippen LogP contribution in [0.5, 0.6) is 0 Å². The summed E-state index contributed by atoms with van der Waals surface area (Å²) in [6, 6.07) is 0. The van der Waals surface area contributed by atoms with Crippen molar-refractivity contribution < 1.29 is 9.18 Å². The minimum atomic E-state index is -1.91. The summed E-state index contributed by atoms with van der Waals surface area (Å²) in [5, 5.41) is 0.314. The summed E-state index contributed by atoms with van der Waals surface area (Å²) in [4.78, 5) is 10.9. The van der Waals surface area contributed by atoms with Crippen LogP contribution in [-0.2, 0) is 4.79 Å². The Labute approximate surface area is 69.5 Å². The van der Waals surface area contributed by atoms with E-state index in [0.29, 0.717) is 5.03 Å². The Kier molecular flexibility index (Phi) is 1.89. The Balaban J connectivity index is 3.17. The fourth-order valence-electron chi connectivity index (χ4n) is 0.839. The van der Waals surface area contributed by atoms with Crippen LogP contribution in [0, 0.1) is 0 Å². The van der Waals surface area contributed by atoms with Gasteiger partial charge in [-0.25, -0.2) is 4.39 Å². The van der Waals surface area contributed by atoms with Crippen molar-refractivity contribution in [3.63, 3.8) is 0 Å². The van der Waals surface area contributed by atoms with Gasteiger partial charge in [0.25, 0.3) is 0 Å². The first-order valence-corrected chi connectivity index (χ1v) is 3.62. The second-order valence-electron chi connectivity index (χ2n) is 2.67. The summed E-state index contributed by atoms with van der Waals surface area (Å²) in [5.41, 5.74) is -1.63. The lowest BCUT2D eigenvalue weighted by atomic mass is 9.90. The summed E-state index contributed by atoms with van der Waals surface area (Å²) in [7, 11) is 0. The highest BCUT2D eigenvalue weighted by molar-refractivity contribution is 6.33. The molecule has 11 heavy (non-hydrogen) atoms. The molecule has 0 aromatic heterocycles. The first kappa shape index (κ1) is 8.47. The molecule has 0 radical (unpaired) electrons. The van der Waals surface area contributed by atoms with E-state index in [-0.39, 0.29) is 5.57 Å². The molecule has 1 nitrogen and oxygen atoms in total. The van der Waals surface area contributed by atoms with Crippen molar-refractivity contribution in [1.82, 2.24) is 0 Å². The Morgan fingerprint density at radius 3 is 2.55 bits per heavy atom. The molecule has 3 heteroatoms. The predicted molar refractivity (Wildman–Crippen MR) is 42.2 cm³/mol. The quantitative estimate of drug-likeness (QED) is 0.551. The summed E-state index contributed by atoms with van der Waals surface area (Å²) < 4.78 is 13.4. The van der Waals surface area contributed by atoms with E-state index in [4.69, 9.17) is 11.6 Å². The van der Waals surface area contributed by atoms with Crippen molar-refractivity contribution in [3.8, 4) is 0 Å². The van der Waals surface area contributed by atoms with Gasteiger partial charge in [-0.15, -0.1) is 0 Å². The highest BCUT2D eigenvalue weighted by atomic mass is 35.5. The first-order valence-electron chi connectivity index (χ1n) is 3.24. The van der Waals surface area contributed by atoms with E-state index in [1.807, 2.05) is 0 Å². The van der Waals surface area contributed by atoms with Crippen molar-refractivity contribution >= 4 is 17.4 Å². The van der Waals surface area contributed by atoms with Crippen molar-refractivity contribution in [2.75, 3.05) is 0 Å². The molecule has 0 fully saturated rings. The van der Waals surface area contributed by atoms with Gasteiger partial charge in [0.2, 0.25) is 0 Å². The second kappa shape index (κ2) is 2.45. The van der Waals surface area contributed by atoms with Gasteiger partial charge in [0.1, 0.15) is 0 Å². The average molecular weight is 175 g/mol. The predicted octanol–water partition coefficient (Wildman–Crippen LogP) is 2.37. The highest BCUT2D eigenvalue weighted by Crippen LogP contribution is 2.31. The number of hydrogen-bond donors (Lipinski definition) is 0. The van der Waals surface area contributed by atoms with Gasteiger partial charge in [-0.05, 0) is 31.6 Å². The molecule has 0 unspecified atom stereocenters. The van der Waals surface area contributed by atoms with Gasteiger partial charge in [0, 0.05) is 5.03 Å². The Bertz CT molecular complexity index is 263. The molecule has 1 aliphatic carbocycles. The lowest BCUT2D eigenvalue weighted by Crippen LogP contribution is -2.32. The van der Waals surface area contributed by atoms with Gasteiger partial charge in [-0.3, -0.25) is 4.79 Å². The van der Waals surface area contributed by atoms with Crippen molar-refractivity contribution in [2.45, 2.75) is 19.5 Å². The number of allylic oxidation sites excluding steroid dienone is 4. The van der Waals surface area contributed by atoms with E-state index in [9.17, 15) is 9.18 Å². The van der Waals surface area contributed by atoms with Crippen LogP contribution in [0.3, 0.4) is 0 Å². The average Bonchev–Trinajstić information content (AvgIpc) is 1.95. The molecule has 0 heterocycles. The molecule has 1 rings (SSSR count). The third-order valence-corrected chi connectivity index (χ3v) is 2.32. The van der Waals surface area contributed by atoms with Crippen LogP contribution in [0.25, 0.3) is 0 Å². The minimum Gasteiger partial charge on any atom is -0.291 e. The topological polar surface area (TPSA) is 17.1 Å². The normalized spacial score (nSPS) is 31.5. The molecule has 0 aromatic carbocycles. The van der Waals surface area contributed by atoms with E-state index < -0.39 is 11.5 Å². The molecule has 0 aliphatic heterocycles. The molecular weight excluding hydrogens is 167 g/mol. The lowest BCUT2D eigenvalue weighted by Gasteiger charge is -2.21. The van der Waals surface area contributed by atoms with E-state index in [1.165, 1.54) is 19.9 Å². The summed E-state index contributed by atoms with van der Waals surface area (Å²) >= 11 is 5.62. The third kappa shape index (κ3) is 1.23.